The first-order valence-corrected chi connectivity index (χ1v) is 12.4. The van der Waals surface area contributed by atoms with Gasteiger partial charge in [-0.1, -0.05) is 31.2 Å². The largest absolute Gasteiger partial charge is 0.322 e. The normalized spacial score (nSPS) is 12.8. The topological polar surface area (TPSA) is 95.6 Å². The van der Waals surface area contributed by atoms with E-state index in [4.69, 9.17) is 0 Å². The lowest BCUT2D eigenvalue weighted by atomic mass is 10.1. The van der Waals surface area contributed by atoms with Crippen LogP contribution in [0.5, 0.6) is 0 Å². The molecule has 0 atom stereocenters. The summed E-state index contributed by atoms with van der Waals surface area (Å²) in [7, 11) is -3.44. The Morgan fingerprint density at radius 3 is 2.42 bits per heavy atom. The summed E-state index contributed by atoms with van der Waals surface area (Å²) < 4.78 is 26.4. The Bertz CT molecular complexity index is 1290. The van der Waals surface area contributed by atoms with Crippen molar-refractivity contribution in [2.75, 3.05) is 27.2 Å². The van der Waals surface area contributed by atoms with Gasteiger partial charge in [0.1, 0.15) is 0 Å². The molecule has 2 N–H and O–H groups in total. The third kappa shape index (κ3) is 5.23. The molecule has 1 aliphatic rings. The highest BCUT2D eigenvalue weighted by molar-refractivity contribution is 7.92. The number of carbonyl (C=O) groups is 2. The predicted octanol–water partition coefficient (Wildman–Crippen LogP) is 4.29. The van der Waals surface area contributed by atoms with E-state index in [-0.39, 0.29) is 17.6 Å². The Morgan fingerprint density at radius 2 is 1.67 bits per heavy atom. The number of hydrogen-bond donors (Lipinski definition) is 2. The Balaban J connectivity index is 1.43. The number of nitrogens with one attached hydrogen (secondary N) is 2. The van der Waals surface area contributed by atoms with E-state index < -0.39 is 10.0 Å². The molecule has 1 aliphatic heterocycles. The summed E-state index contributed by atoms with van der Waals surface area (Å²) >= 11 is 0. The number of anilines is 3. The molecule has 7 nitrogen and oxygen atoms in total. The van der Waals surface area contributed by atoms with E-state index in [1.807, 2.05) is 24.3 Å². The summed E-state index contributed by atoms with van der Waals surface area (Å²) in [5, 5.41) is 2.78. The number of rotatable bonds is 7. The Morgan fingerprint density at radius 1 is 0.909 bits per heavy atom. The van der Waals surface area contributed by atoms with Crippen LogP contribution in [0.4, 0.5) is 17.1 Å². The van der Waals surface area contributed by atoms with Gasteiger partial charge in [0.05, 0.1) is 5.75 Å². The maximum Gasteiger partial charge on any atom is 0.258 e. The van der Waals surface area contributed by atoms with E-state index >= 15 is 0 Å². The van der Waals surface area contributed by atoms with E-state index in [9.17, 15) is 18.0 Å². The number of sulfonamides is 1. The van der Waals surface area contributed by atoms with Gasteiger partial charge in [-0.05, 0) is 66.9 Å². The van der Waals surface area contributed by atoms with Gasteiger partial charge < -0.3 is 10.2 Å². The molecule has 0 unspecified atom stereocenters. The molecule has 0 aromatic heterocycles. The van der Waals surface area contributed by atoms with Gasteiger partial charge in [0.25, 0.3) is 11.8 Å². The summed E-state index contributed by atoms with van der Waals surface area (Å²) in [4.78, 5) is 27.4. The van der Waals surface area contributed by atoms with Crippen LogP contribution in [0.25, 0.3) is 0 Å². The van der Waals surface area contributed by atoms with E-state index in [2.05, 4.69) is 10.0 Å². The van der Waals surface area contributed by atoms with Gasteiger partial charge in [-0.25, -0.2) is 8.42 Å². The molecule has 0 bridgehead atoms. The fraction of sp³-hybridized carbons (Fsp3) is 0.200. The zero-order valence-electron chi connectivity index (χ0n) is 18.2. The lowest BCUT2D eigenvalue weighted by Crippen LogP contribution is -2.28. The molecule has 0 saturated carbocycles. The minimum atomic E-state index is -3.44. The molecule has 0 saturated heterocycles. The van der Waals surface area contributed by atoms with Crippen molar-refractivity contribution in [3.05, 3.63) is 89.5 Å². The Hall–Kier alpha value is -3.65. The number of para-hydroxylation sites is 1. The fourth-order valence-corrected chi connectivity index (χ4v) is 4.95. The first-order chi connectivity index (χ1) is 15.9. The van der Waals surface area contributed by atoms with Crippen LogP contribution in [-0.4, -0.2) is 32.5 Å². The number of benzene rings is 3. The number of carbonyl (C=O) groups excluding carboxylic acids is 2. The minimum Gasteiger partial charge on any atom is -0.322 e. The second kappa shape index (κ2) is 9.46. The highest BCUT2D eigenvalue weighted by atomic mass is 32.2. The molecule has 1 heterocycles. The van der Waals surface area contributed by atoms with Crippen molar-refractivity contribution in [2.45, 2.75) is 19.8 Å². The van der Waals surface area contributed by atoms with Crippen LogP contribution in [0.3, 0.4) is 0 Å². The first-order valence-electron chi connectivity index (χ1n) is 10.8. The second-order valence-corrected chi connectivity index (χ2v) is 9.71. The van der Waals surface area contributed by atoms with Crippen molar-refractivity contribution in [3.63, 3.8) is 0 Å². The van der Waals surface area contributed by atoms with Crippen LogP contribution in [0.2, 0.25) is 0 Å². The summed E-state index contributed by atoms with van der Waals surface area (Å²) in [6.45, 7) is 2.43. The lowest BCUT2D eigenvalue weighted by Gasteiger charge is -2.17. The fourth-order valence-electron chi connectivity index (χ4n) is 3.83. The van der Waals surface area contributed by atoms with Crippen molar-refractivity contribution in [1.82, 2.24) is 0 Å². The quantitative estimate of drug-likeness (QED) is 0.546. The summed E-state index contributed by atoms with van der Waals surface area (Å²) in [5.41, 5.74) is 3.83. The highest BCUT2D eigenvalue weighted by Gasteiger charge is 2.25. The van der Waals surface area contributed by atoms with Gasteiger partial charge in [0.2, 0.25) is 10.0 Å². The molecule has 4 rings (SSSR count). The number of amides is 2. The third-order valence-electron chi connectivity index (χ3n) is 5.39. The Kier molecular flexibility index (Phi) is 6.46. The van der Waals surface area contributed by atoms with E-state index in [0.717, 1.165) is 17.7 Å². The molecule has 3 aromatic carbocycles. The molecule has 0 spiro atoms. The Labute approximate surface area is 193 Å². The smallest absolute Gasteiger partial charge is 0.258 e. The van der Waals surface area contributed by atoms with E-state index in [0.29, 0.717) is 35.5 Å². The van der Waals surface area contributed by atoms with Crippen LogP contribution in [0.1, 0.15) is 39.6 Å². The standard InChI is InChI=1S/C25H25N3O4S/c1-2-16-33(31,32)27-22-8-5-7-20(17-22)24(29)26-21-12-10-19(11-13-21)25(30)28-15-14-18-6-3-4-9-23(18)28/h3-13,17,27H,2,14-16H2,1H3,(H,26,29). The maximum atomic E-state index is 12.9. The van der Waals surface area contributed by atoms with Gasteiger partial charge in [-0.15, -0.1) is 0 Å². The average Bonchev–Trinajstić information content (AvgIpc) is 3.23. The number of nitrogens with zero attached hydrogens (tertiary/aromatic N) is 1. The summed E-state index contributed by atoms with van der Waals surface area (Å²) in [6, 6.07) is 20.9. The van der Waals surface area contributed by atoms with Crippen molar-refractivity contribution in [2.24, 2.45) is 0 Å². The van der Waals surface area contributed by atoms with E-state index in [1.165, 1.54) is 6.07 Å². The summed E-state index contributed by atoms with van der Waals surface area (Å²) in [5.74, 6) is -0.443. The molecule has 8 heteroatoms. The van der Waals surface area contributed by atoms with Gasteiger partial charge in [0.15, 0.2) is 0 Å². The van der Waals surface area contributed by atoms with Gasteiger partial charge in [0, 0.05) is 34.7 Å². The van der Waals surface area contributed by atoms with Crippen molar-refractivity contribution in [3.8, 4) is 0 Å². The van der Waals surface area contributed by atoms with Crippen LogP contribution in [-0.2, 0) is 16.4 Å². The molecule has 33 heavy (non-hydrogen) atoms. The highest BCUT2D eigenvalue weighted by Crippen LogP contribution is 2.29. The van der Waals surface area contributed by atoms with Crippen molar-refractivity contribution < 1.29 is 18.0 Å². The van der Waals surface area contributed by atoms with Crippen molar-refractivity contribution in [1.29, 1.82) is 0 Å². The van der Waals surface area contributed by atoms with Crippen LogP contribution in [0, 0.1) is 0 Å². The van der Waals surface area contributed by atoms with Crippen LogP contribution in [0.15, 0.2) is 72.8 Å². The van der Waals surface area contributed by atoms with Gasteiger partial charge in [-0.2, -0.15) is 0 Å². The monoisotopic (exact) mass is 463 g/mol. The van der Waals surface area contributed by atoms with Crippen LogP contribution < -0.4 is 14.9 Å². The molecule has 3 aromatic rings. The molecular formula is C25H25N3O4S. The van der Waals surface area contributed by atoms with Gasteiger partial charge >= 0.3 is 0 Å². The molecule has 0 aliphatic carbocycles. The zero-order chi connectivity index (χ0) is 23.4. The number of hydrogen-bond acceptors (Lipinski definition) is 4. The molecule has 170 valence electrons. The minimum absolute atomic E-state index is 0.0114. The molecule has 2 amide bonds. The van der Waals surface area contributed by atoms with Crippen molar-refractivity contribution >= 4 is 38.9 Å². The lowest BCUT2D eigenvalue weighted by molar-refractivity contribution is 0.0988. The first kappa shape index (κ1) is 22.5. The molecule has 0 radical (unpaired) electrons. The third-order valence-corrected chi connectivity index (χ3v) is 6.89. The average molecular weight is 464 g/mol. The second-order valence-electron chi connectivity index (χ2n) is 7.87. The maximum absolute atomic E-state index is 12.9. The SMILES string of the molecule is CCCS(=O)(=O)Nc1cccc(C(=O)Nc2ccc(C(=O)N3CCc4ccccc43)cc2)c1. The predicted molar refractivity (Wildman–Crippen MR) is 130 cm³/mol. The summed E-state index contributed by atoms with van der Waals surface area (Å²) in [6.07, 6.45) is 1.34. The van der Waals surface area contributed by atoms with Crippen LogP contribution >= 0.6 is 0 Å². The van der Waals surface area contributed by atoms with E-state index in [1.54, 1.807) is 54.3 Å². The molecular weight excluding hydrogens is 438 g/mol. The van der Waals surface area contributed by atoms with Gasteiger partial charge in [-0.3, -0.25) is 14.3 Å². The molecule has 0 fully saturated rings. The number of fused-ring (bicyclic) bond motifs is 1. The zero-order valence-corrected chi connectivity index (χ0v) is 19.1.